The number of amides is 2. The number of nitrogens with one attached hydrogen (secondary N) is 2. The van der Waals surface area contributed by atoms with Gasteiger partial charge in [-0.2, -0.15) is 0 Å². The minimum atomic E-state index is -0.0548. The van der Waals surface area contributed by atoms with E-state index < -0.39 is 0 Å². The molecule has 0 saturated carbocycles. The van der Waals surface area contributed by atoms with Crippen molar-refractivity contribution in [2.75, 3.05) is 44.7 Å². The number of hydrazine groups is 1. The average Bonchev–Trinajstić information content (AvgIpc) is 3.21. The molecule has 0 atom stereocenters. The Morgan fingerprint density at radius 3 is 2.40 bits per heavy atom. The second-order valence-corrected chi connectivity index (χ2v) is 8.34. The molecule has 158 valence electrons. The first-order valence-corrected chi connectivity index (χ1v) is 10.7. The van der Waals surface area contributed by atoms with Crippen molar-refractivity contribution in [3.63, 3.8) is 0 Å². The molecule has 1 saturated heterocycles. The molecule has 2 aromatic carbocycles. The van der Waals surface area contributed by atoms with Crippen LogP contribution in [0.2, 0.25) is 10.0 Å². The number of anilines is 1. The summed E-state index contributed by atoms with van der Waals surface area (Å²) in [4.78, 5) is 16.7. The lowest BCUT2D eigenvalue weighted by Gasteiger charge is -2.36. The molecule has 6 nitrogen and oxygen atoms in total. The van der Waals surface area contributed by atoms with Gasteiger partial charge in [0, 0.05) is 58.2 Å². The number of nitrogens with zero attached hydrogens (tertiary/aromatic N) is 3. The van der Waals surface area contributed by atoms with Crippen molar-refractivity contribution < 1.29 is 4.79 Å². The van der Waals surface area contributed by atoms with Gasteiger partial charge >= 0.3 is 6.03 Å². The number of rotatable bonds is 4. The summed E-state index contributed by atoms with van der Waals surface area (Å²) in [6.45, 7) is 4.28. The number of urea groups is 1. The summed E-state index contributed by atoms with van der Waals surface area (Å²) in [7, 11) is 2.00. The zero-order valence-corrected chi connectivity index (χ0v) is 18.4. The first-order chi connectivity index (χ1) is 14.5. The molecule has 2 aliphatic rings. The highest BCUT2D eigenvalue weighted by Crippen LogP contribution is 2.24. The topological polar surface area (TPSA) is 50.9 Å². The largest absolute Gasteiger partial charge is 0.368 e. The fourth-order valence-electron chi connectivity index (χ4n) is 3.70. The highest BCUT2D eigenvalue weighted by atomic mass is 35.5. The highest BCUT2D eigenvalue weighted by Gasteiger charge is 2.21. The first kappa shape index (κ1) is 20.8. The van der Waals surface area contributed by atoms with E-state index in [1.165, 1.54) is 16.8 Å². The molecule has 2 aliphatic heterocycles. The number of hydrogen-bond donors (Lipinski definition) is 2. The molecule has 4 rings (SSSR count). The Balaban J connectivity index is 1.27. The third-order valence-electron chi connectivity index (χ3n) is 5.47. The lowest BCUT2D eigenvalue weighted by atomic mass is 10.1. The Morgan fingerprint density at radius 1 is 1.03 bits per heavy atom. The maximum Gasteiger partial charge on any atom is 0.317 e. The molecule has 0 spiro atoms. The van der Waals surface area contributed by atoms with Crippen LogP contribution in [0.15, 0.2) is 48.7 Å². The van der Waals surface area contributed by atoms with Crippen LogP contribution in [0.25, 0.3) is 5.57 Å². The number of halogens is 2. The van der Waals surface area contributed by atoms with Crippen LogP contribution in [-0.2, 0) is 6.54 Å². The normalized spacial score (nSPS) is 16.6. The van der Waals surface area contributed by atoms with E-state index in [0.717, 1.165) is 25.2 Å². The summed E-state index contributed by atoms with van der Waals surface area (Å²) in [5, 5.41) is 5.95. The zero-order valence-electron chi connectivity index (χ0n) is 16.9. The molecular formula is C22H25Cl2N5O. The maximum atomic E-state index is 12.5. The highest BCUT2D eigenvalue weighted by molar-refractivity contribution is 6.42. The molecule has 2 aromatic rings. The third kappa shape index (κ3) is 4.83. The Kier molecular flexibility index (Phi) is 6.37. The summed E-state index contributed by atoms with van der Waals surface area (Å²) in [6.07, 6.45) is 2.12. The van der Waals surface area contributed by atoms with Crippen LogP contribution in [0.5, 0.6) is 0 Å². The second-order valence-electron chi connectivity index (χ2n) is 7.53. The maximum absolute atomic E-state index is 12.5. The van der Waals surface area contributed by atoms with Crippen LogP contribution in [-0.4, -0.2) is 55.7 Å². The van der Waals surface area contributed by atoms with Gasteiger partial charge < -0.3 is 20.1 Å². The molecule has 2 heterocycles. The van der Waals surface area contributed by atoms with Crippen molar-refractivity contribution >= 4 is 40.5 Å². The van der Waals surface area contributed by atoms with Crippen LogP contribution < -0.4 is 15.6 Å². The smallest absolute Gasteiger partial charge is 0.317 e. The van der Waals surface area contributed by atoms with Gasteiger partial charge in [-0.1, -0.05) is 41.4 Å². The zero-order chi connectivity index (χ0) is 21.1. The van der Waals surface area contributed by atoms with Crippen LogP contribution in [0.1, 0.15) is 11.1 Å². The number of piperazine rings is 1. The molecular weight excluding hydrogens is 421 g/mol. The van der Waals surface area contributed by atoms with E-state index in [1.54, 1.807) is 12.1 Å². The third-order valence-corrected chi connectivity index (χ3v) is 6.21. The van der Waals surface area contributed by atoms with Crippen LogP contribution in [0, 0.1) is 0 Å². The van der Waals surface area contributed by atoms with Gasteiger partial charge in [0.15, 0.2) is 0 Å². The predicted molar refractivity (Wildman–Crippen MR) is 123 cm³/mol. The predicted octanol–water partition coefficient (Wildman–Crippen LogP) is 3.82. The molecule has 0 bridgehead atoms. The molecule has 2 N–H and O–H groups in total. The quantitative estimate of drug-likeness (QED) is 0.750. The average molecular weight is 446 g/mol. The Hall–Kier alpha value is -2.41. The molecule has 0 aromatic heterocycles. The van der Waals surface area contributed by atoms with Gasteiger partial charge in [0.2, 0.25) is 0 Å². The summed E-state index contributed by atoms with van der Waals surface area (Å²) >= 11 is 12.0. The van der Waals surface area contributed by atoms with Gasteiger partial charge in [0.1, 0.15) is 0 Å². The Labute approximate surface area is 187 Å². The van der Waals surface area contributed by atoms with E-state index in [1.807, 2.05) is 23.0 Å². The van der Waals surface area contributed by atoms with Crippen LogP contribution >= 0.6 is 23.2 Å². The van der Waals surface area contributed by atoms with Gasteiger partial charge in [-0.3, -0.25) is 0 Å². The number of benzene rings is 2. The van der Waals surface area contributed by atoms with E-state index >= 15 is 0 Å². The molecule has 0 aliphatic carbocycles. The first-order valence-electron chi connectivity index (χ1n) is 9.99. The standard InChI is InChI=1S/C22H25Cl2N5O/c1-27-15-18(14-26-27)17-3-5-19(6-4-17)28-8-10-29(11-9-28)22(30)25-13-16-2-7-20(23)21(24)12-16/h2-7,12,15,26H,8-11,13-14H2,1H3,(H,25,30). The van der Waals surface area contributed by atoms with Crippen molar-refractivity contribution in [3.8, 4) is 0 Å². The van der Waals surface area contributed by atoms with E-state index in [4.69, 9.17) is 23.2 Å². The fraction of sp³-hybridized carbons (Fsp3) is 0.318. The van der Waals surface area contributed by atoms with E-state index in [2.05, 4.69) is 46.1 Å². The number of carbonyl (C=O) groups is 1. The van der Waals surface area contributed by atoms with Crippen molar-refractivity contribution in [2.45, 2.75) is 6.54 Å². The van der Waals surface area contributed by atoms with E-state index in [0.29, 0.717) is 29.7 Å². The summed E-state index contributed by atoms with van der Waals surface area (Å²) in [6, 6.07) is 14.0. The molecule has 0 radical (unpaired) electrons. The lowest BCUT2D eigenvalue weighted by Crippen LogP contribution is -2.51. The van der Waals surface area contributed by atoms with Crippen molar-refractivity contribution in [2.24, 2.45) is 0 Å². The van der Waals surface area contributed by atoms with Gasteiger partial charge in [-0.25, -0.2) is 10.2 Å². The summed E-state index contributed by atoms with van der Waals surface area (Å²) in [5.41, 5.74) is 7.89. The van der Waals surface area contributed by atoms with Gasteiger partial charge in [-0.05, 0) is 41.0 Å². The molecule has 2 amide bonds. The van der Waals surface area contributed by atoms with Crippen LogP contribution in [0.4, 0.5) is 10.5 Å². The molecule has 30 heavy (non-hydrogen) atoms. The number of carbonyl (C=O) groups excluding carboxylic acids is 1. The minimum Gasteiger partial charge on any atom is -0.368 e. The summed E-state index contributed by atoms with van der Waals surface area (Å²) in [5.74, 6) is 0. The van der Waals surface area contributed by atoms with Gasteiger partial charge in [-0.15, -0.1) is 0 Å². The molecule has 1 fully saturated rings. The molecule has 8 heteroatoms. The van der Waals surface area contributed by atoms with Crippen molar-refractivity contribution in [3.05, 3.63) is 69.8 Å². The Morgan fingerprint density at radius 2 is 1.77 bits per heavy atom. The van der Waals surface area contributed by atoms with Crippen molar-refractivity contribution in [1.29, 1.82) is 0 Å². The van der Waals surface area contributed by atoms with Gasteiger partial charge in [0.25, 0.3) is 0 Å². The van der Waals surface area contributed by atoms with E-state index in [9.17, 15) is 4.79 Å². The monoisotopic (exact) mass is 445 g/mol. The number of hydrogen-bond acceptors (Lipinski definition) is 4. The SMILES string of the molecule is CN1C=C(c2ccc(N3CCN(C(=O)NCc4ccc(Cl)c(Cl)c4)CC3)cc2)CN1. The lowest BCUT2D eigenvalue weighted by molar-refractivity contribution is 0.194. The Bertz CT molecular complexity index is 939. The second kappa shape index (κ2) is 9.16. The fourth-order valence-corrected chi connectivity index (χ4v) is 4.03. The minimum absolute atomic E-state index is 0.0548. The van der Waals surface area contributed by atoms with Crippen molar-refractivity contribution in [1.82, 2.24) is 20.7 Å². The van der Waals surface area contributed by atoms with E-state index in [-0.39, 0.29) is 6.03 Å². The summed E-state index contributed by atoms with van der Waals surface area (Å²) < 4.78 is 0. The van der Waals surface area contributed by atoms with Gasteiger partial charge in [0.05, 0.1) is 10.0 Å². The molecule has 0 unspecified atom stereocenters. The van der Waals surface area contributed by atoms with Crippen LogP contribution in [0.3, 0.4) is 0 Å².